The van der Waals surface area contributed by atoms with Crippen LogP contribution in [0.1, 0.15) is 43.9 Å². The minimum Gasteiger partial charge on any atom is -0.475 e. The van der Waals surface area contributed by atoms with Crippen LogP contribution in [0, 0.1) is 0 Å². The summed E-state index contributed by atoms with van der Waals surface area (Å²) in [5, 5.41) is 12.9. The molecule has 150 valence electrons. The second-order valence-corrected chi connectivity index (χ2v) is 7.47. The zero-order valence-electron chi connectivity index (χ0n) is 16.5. The van der Waals surface area contributed by atoms with Crippen LogP contribution in [0.25, 0.3) is 0 Å². The Morgan fingerprint density at radius 3 is 2.64 bits per heavy atom. The molecule has 0 spiro atoms. The van der Waals surface area contributed by atoms with Crippen LogP contribution < -0.4 is 10.1 Å². The molecule has 6 heteroatoms. The number of carbonyl (C=O) groups is 1. The number of hydrogen-bond acceptors (Lipinski definition) is 5. The lowest BCUT2D eigenvalue weighted by Crippen LogP contribution is -2.45. The first-order chi connectivity index (χ1) is 13.5. The summed E-state index contributed by atoms with van der Waals surface area (Å²) in [5.74, 6) is 0.525. The van der Waals surface area contributed by atoms with Crippen LogP contribution in [0.4, 0.5) is 0 Å². The van der Waals surface area contributed by atoms with Crippen molar-refractivity contribution in [2.75, 3.05) is 13.1 Å². The average Bonchev–Trinajstić information content (AvgIpc) is 2.69. The van der Waals surface area contributed by atoms with Crippen LogP contribution >= 0.6 is 0 Å². The van der Waals surface area contributed by atoms with Crippen LogP contribution in [-0.4, -0.2) is 46.2 Å². The maximum absolute atomic E-state index is 13.1. The maximum Gasteiger partial charge on any atom is 0.242 e. The molecule has 2 aromatic rings. The number of ether oxygens (including phenoxy) is 1. The number of aliphatic hydroxyl groups is 1. The lowest BCUT2D eigenvalue weighted by atomic mass is 10.00. The fourth-order valence-electron chi connectivity index (χ4n) is 3.46. The molecule has 0 aliphatic carbocycles. The van der Waals surface area contributed by atoms with E-state index in [0.717, 1.165) is 11.1 Å². The van der Waals surface area contributed by atoms with Crippen molar-refractivity contribution >= 4 is 5.91 Å². The van der Waals surface area contributed by atoms with Gasteiger partial charge in [-0.25, -0.2) is 4.98 Å². The SMILES string of the molecule is CC(C)Oc1cc(CNC(=O)C(c2ccccc2)N2CCC(O)CC2)ccn1. The van der Waals surface area contributed by atoms with Gasteiger partial charge in [0.05, 0.1) is 12.2 Å². The Balaban J connectivity index is 1.69. The van der Waals surface area contributed by atoms with Crippen molar-refractivity contribution in [3.05, 3.63) is 59.8 Å². The largest absolute Gasteiger partial charge is 0.475 e. The van der Waals surface area contributed by atoms with E-state index in [0.29, 0.717) is 38.4 Å². The molecule has 1 aromatic heterocycles. The third-order valence-corrected chi connectivity index (χ3v) is 4.85. The maximum atomic E-state index is 13.1. The molecule has 1 aliphatic heterocycles. The molecular formula is C22H29N3O3. The van der Waals surface area contributed by atoms with Gasteiger partial charge in [-0.2, -0.15) is 0 Å². The molecule has 0 saturated carbocycles. The zero-order chi connectivity index (χ0) is 19.9. The summed E-state index contributed by atoms with van der Waals surface area (Å²) in [6, 6.07) is 13.2. The topological polar surface area (TPSA) is 74.7 Å². The summed E-state index contributed by atoms with van der Waals surface area (Å²) < 4.78 is 5.63. The molecule has 2 heterocycles. The fraction of sp³-hybridized carbons (Fsp3) is 0.455. The monoisotopic (exact) mass is 383 g/mol. The molecule has 1 aromatic carbocycles. The number of rotatable bonds is 7. The van der Waals surface area contributed by atoms with Crippen LogP contribution in [0.3, 0.4) is 0 Å². The Labute approximate surface area is 166 Å². The Hall–Kier alpha value is -2.44. The standard InChI is InChI=1S/C22H29N3O3/c1-16(2)28-20-14-17(8-11-23-20)15-24-22(27)21(18-6-4-3-5-7-18)25-12-9-19(26)10-13-25/h3-8,11,14,16,19,21,26H,9-10,12-13,15H2,1-2H3,(H,24,27). The van der Waals surface area contributed by atoms with Gasteiger partial charge < -0.3 is 15.2 Å². The van der Waals surface area contributed by atoms with E-state index in [-0.39, 0.29) is 24.2 Å². The van der Waals surface area contributed by atoms with Gasteiger partial charge in [-0.3, -0.25) is 9.69 Å². The predicted octanol–water partition coefficient (Wildman–Crippen LogP) is 2.68. The molecule has 1 unspecified atom stereocenters. The molecule has 1 amide bonds. The number of aromatic nitrogens is 1. The van der Waals surface area contributed by atoms with E-state index in [1.54, 1.807) is 6.20 Å². The third-order valence-electron chi connectivity index (χ3n) is 4.85. The van der Waals surface area contributed by atoms with Crippen LogP contribution in [0.15, 0.2) is 48.7 Å². The van der Waals surface area contributed by atoms with Gasteiger partial charge in [-0.1, -0.05) is 30.3 Å². The van der Waals surface area contributed by atoms with Crippen LogP contribution in [0.5, 0.6) is 5.88 Å². The number of carbonyl (C=O) groups excluding carboxylic acids is 1. The number of aliphatic hydroxyl groups excluding tert-OH is 1. The summed E-state index contributed by atoms with van der Waals surface area (Å²) in [4.78, 5) is 19.5. The van der Waals surface area contributed by atoms with Crippen molar-refractivity contribution < 1.29 is 14.6 Å². The zero-order valence-corrected chi connectivity index (χ0v) is 16.5. The molecule has 0 radical (unpaired) electrons. The van der Waals surface area contributed by atoms with Crippen LogP contribution in [0.2, 0.25) is 0 Å². The van der Waals surface area contributed by atoms with Gasteiger partial charge in [0.2, 0.25) is 11.8 Å². The number of nitrogens with one attached hydrogen (secondary N) is 1. The van der Waals surface area contributed by atoms with E-state index < -0.39 is 0 Å². The average molecular weight is 383 g/mol. The highest BCUT2D eigenvalue weighted by Crippen LogP contribution is 2.25. The van der Waals surface area contributed by atoms with E-state index in [9.17, 15) is 9.90 Å². The molecule has 0 bridgehead atoms. The van der Waals surface area contributed by atoms with Crippen molar-refractivity contribution in [3.8, 4) is 5.88 Å². The van der Waals surface area contributed by atoms with Gasteiger partial charge in [-0.05, 0) is 43.9 Å². The lowest BCUT2D eigenvalue weighted by Gasteiger charge is -2.35. The number of piperidine rings is 1. The van der Waals surface area contributed by atoms with Gasteiger partial charge in [0.25, 0.3) is 0 Å². The third kappa shape index (κ3) is 5.53. The first kappa shape index (κ1) is 20.3. The molecule has 28 heavy (non-hydrogen) atoms. The van der Waals surface area contributed by atoms with Crippen molar-refractivity contribution in [2.24, 2.45) is 0 Å². The number of amides is 1. The van der Waals surface area contributed by atoms with Gasteiger partial charge >= 0.3 is 0 Å². The van der Waals surface area contributed by atoms with E-state index in [2.05, 4.69) is 15.2 Å². The van der Waals surface area contributed by atoms with Gasteiger partial charge in [0.1, 0.15) is 6.04 Å². The predicted molar refractivity (Wildman–Crippen MR) is 108 cm³/mol. The second kappa shape index (κ2) is 9.66. The number of likely N-dealkylation sites (tertiary alicyclic amines) is 1. The highest BCUT2D eigenvalue weighted by atomic mass is 16.5. The van der Waals surface area contributed by atoms with E-state index in [4.69, 9.17) is 4.74 Å². The summed E-state index contributed by atoms with van der Waals surface area (Å²) in [6.07, 6.45) is 2.86. The number of pyridine rings is 1. The molecular weight excluding hydrogens is 354 g/mol. The number of benzene rings is 1. The first-order valence-corrected chi connectivity index (χ1v) is 9.89. The summed E-state index contributed by atoms with van der Waals surface area (Å²) in [6.45, 7) is 5.73. The Bertz CT molecular complexity index is 759. The molecule has 1 saturated heterocycles. The molecule has 3 rings (SSSR count). The quantitative estimate of drug-likeness (QED) is 0.769. The highest BCUT2D eigenvalue weighted by molar-refractivity contribution is 5.83. The summed E-state index contributed by atoms with van der Waals surface area (Å²) >= 11 is 0. The highest BCUT2D eigenvalue weighted by Gasteiger charge is 2.30. The Kier molecular flexibility index (Phi) is 7.01. The summed E-state index contributed by atoms with van der Waals surface area (Å²) in [7, 11) is 0. The molecule has 1 atom stereocenters. The minimum absolute atomic E-state index is 0.0364. The molecule has 6 nitrogen and oxygen atoms in total. The lowest BCUT2D eigenvalue weighted by molar-refractivity contribution is -0.127. The van der Waals surface area contributed by atoms with Crippen LogP contribution in [-0.2, 0) is 11.3 Å². The molecule has 2 N–H and O–H groups in total. The normalized spacial score (nSPS) is 16.7. The molecule has 1 fully saturated rings. The second-order valence-electron chi connectivity index (χ2n) is 7.47. The first-order valence-electron chi connectivity index (χ1n) is 9.89. The smallest absolute Gasteiger partial charge is 0.242 e. The van der Waals surface area contributed by atoms with E-state index >= 15 is 0 Å². The van der Waals surface area contributed by atoms with Gasteiger partial charge in [-0.15, -0.1) is 0 Å². The Morgan fingerprint density at radius 2 is 1.96 bits per heavy atom. The van der Waals surface area contributed by atoms with Gasteiger partial charge in [0, 0.05) is 31.9 Å². The van der Waals surface area contributed by atoms with E-state index in [1.807, 2.05) is 56.3 Å². The van der Waals surface area contributed by atoms with Crippen molar-refractivity contribution in [2.45, 2.75) is 51.5 Å². The minimum atomic E-state index is -0.359. The van der Waals surface area contributed by atoms with Crippen molar-refractivity contribution in [1.29, 1.82) is 0 Å². The fourth-order valence-corrected chi connectivity index (χ4v) is 3.46. The number of nitrogens with zero attached hydrogens (tertiary/aromatic N) is 2. The summed E-state index contributed by atoms with van der Waals surface area (Å²) in [5.41, 5.74) is 1.91. The van der Waals surface area contributed by atoms with Crippen molar-refractivity contribution in [3.63, 3.8) is 0 Å². The number of hydrogen-bond donors (Lipinski definition) is 2. The van der Waals surface area contributed by atoms with Crippen molar-refractivity contribution in [1.82, 2.24) is 15.2 Å². The molecule has 1 aliphatic rings. The Morgan fingerprint density at radius 1 is 1.25 bits per heavy atom. The van der Waals surface area contributed by atoms with E-state index in [1.165, 1.54) is 0 Å². The van der Waals surface area contributed by atoms with Gasteiger partial charge in [0.15, 0.2) is 0 Å².